The summed E-state index contributed by atoms with van der Waals surface area (Å²) >= 11 is 3.31. The van der Waals surface area contributed by atoms with E-state index in [1.54, 1.807) is 18.2 Å². The van der Waals surface area contributed by atoms with E-state index in [4.69, 9.17) is 5.73 Å². The number of aromatic nitrogens is 1. The van der Waals surface area contributed by atoms with Crippen molar-refractivity contribution in [2.45, 2.75) is 6.54 Å². The lowest BCUT2D eigenvalue weighted by atomic mass is 10.2. The molecule has 0 aliphatic carbocycles. The first-order chi connectivity index (χ1) is 8.15. The minimum absolute atomic E-state index is 0.140. The molecule has 0 aliphatic rings. The largest absolute Gasteiger partial charge is 0.399 e. The number of aromatic amines is 1. The quantitative estimate of drug-likeness (QED) is 0.760. The van der Waals surface area contributed by atoms with Crippen LogP contribution < -0.4 is 11.1 Å². The Balaban J connectivity index is 2.04. The fourth-order valence-corrected chi connectivity index (χ4v) is 2.01. The zero-order valence-electron chi connectivity index (χ0n) is 9.03. The van der Waals surface area contributed by atoms with Crippen LogP contribution in [0.1, 0.15) is 15.9 Å². The van der Waals surface area contributed by atoms with Gasteiger partial charge in [0.2, 0.25) is 0 Å². The van der Waals surface area contributed by atoms with Gasteiger partial charge in [-0.1, -0.05) is 15.9 Å². The molecule has 2 rings (SSSR count). The van der Waals surface area contributed by atoms with E-state index in [2.05, 4.69) is 26.2 Å². The number of nitrogens with two attached hydrogens (primary N) is 1. The Bertz CT molecular complexity index is 502. The number of H-pyrrole nitrogens is 1. The van der Waals surface area contributed by atoms with Crippen molar-refractivity contribution >= 4 is 27.5 Å². The number of hydrogen-bond donors (Lipinski definition) is 3. The van der Waals surface area contributed by atoms with Gasteiger partial charge in [0, 0.05) is 34.7 Å². The average molecular weight is 294 g/mol. The summed E-state index contributed by atoms with van der Waals surface area (Å²) in [5, 5.41) is 2.82. The number of carbonyl (C=O) groups excluding carboxylic acids is 1. The normalized spacial score (nSPS) is 10.2. The second kappa shape index (κ2) is 5.05. The Kier molecular flexibility index (Phi) is 3.49. The van der Waals surface area contributed by atoms with E-state index in [1.165, 1.54) is 0 Å². The van der Waals surface area contributed by atoms with Crippen LogP contribution in [0.4, 0.5) is 5.69 Å². The highest BCUT2D eigenvalue weighted by Gasteiger charge is 2.07. The second-order valence-electron chi connectivity index (χ2n) is 3.68. The SMILES string of the molecule is Nc1cc(Br)cc(C(=O)NCc2cc[nH]c2)c1. The van der Waals surface area contributed by atoms with Gasteiger partial charge in [0.05, 0.1) is 0 Å². The molecule has 1 amide bonds. The van der Waals surface area contributed by atoms with Crippen LogP contribution in [0.2, 0.25) is 0 Å². The molecule has 0 unspecified atom stereocenters. The molecule has 5 heteroatoms. The van der Waals surface area contributed by atoms with E-state index in [-0.39, 0.29) is 5.91 Å². The summed E-state index contributed by atoms with van der Waals surface area (Å²) < 4.78 is 0.796. The Morgan fingerprint density at radius 3 is 2.88 bits per heavy atom. The first-order valence-corrected chi connectivity index (χ1v) is 5.90. The fourth-order valence-electron chi connectivity index (χ4n) is 1.50. The molecule has 0 aliphatic heterocycles. The molecule has 0 atom stereocenters. The monoisotopic (exact) mass is 293 g/mol. The van der Waals surface area contributed by atoms with Crippen LogP contribution >= 0.6 is 15.9 Å². The maximum atomic E-state index is 11.8. The molecule has 0 bridgehead atoms. The summed E-state index contributed by atoms with van der Waals surface area (Å²) in [5.41, 5.74) is 7.81. The zero-order valence-corrected chi connectivity index (χ0v) is 10.6. The number of benzene rings is 1. The van der Waals surface area contributed by atoms with Gasteiger partial charge in [0.1, 0.15) is 0 Å². The van der Waals surface area contributed by atoms with E-state index in [1.807, 2.05) is 18.5 Å². The molecule has 0 saturated heterocycles. The van der Waals surface area contributed by atoms with Crippen molar-refractivity contribution in [2.75, 3.05) is 5.73 Å². The van der Waals surface area contributed by atoms with Crippen LogP contribution in [0.5, 0.6) is 0 Å². The molecule has 0 radical (unpaired) electrons. The third-order valence-corrected chi connectivity index (χ3v) is 2.76. The fraction of sp³-hybridized carbons (Fsp3) is 0.0833. The van der Waals surface area contributed by atoms with Crippen LogP contribution in [-0.4, -0.2) is 10.9 Å². The maximum absolute atomic E-state index is 11.8. The lowest BCUT2D eigenvalue weighted by Gasteiger charge is -2.05. The number of anilines is 1. The lowest BCUT2D eigenvalue weighted by molar-refractivity contribution is 0.0951. The van der Waals surface area contributed by atoms with E-state index in [9.17, 15) is 4.79 Å². The van der Waals surface area contributed by atoms with Gasteiger partial charge in [-0.25, -0.2) is 0 Å². The molecular weight excluding hydrogens is 282 g/mol. The van der Waals surface area contributed by atoms with Crippen LogP contribution in [0.3, 0.4) is 0 Å². The third-order valence-electron chi connectivity index (χ3n) is 2.30. The molecule has 1 aromatic heterocycles. The summed E-state index contributed by atoms with van der Waals surface area (Å²) in [4.78, 5) is 14.8. The lowest BCUT2D eigenvalue weighted by Crippen LogP contribution is -2.22. The van der Waals surface area contributed by atoms with E-state index in [0.717, 1.165) is 10.0 Å². The van der Waals surface area contributed by atoms with Crippen molar-refractivity contribution < 1.29 is 4.79 Å². The summed E-state index contributed by atoms with van der Waals surface area (Å²) in [6, 6.07) is 7.05. The van der Waals surface area contributed by atoms with Gasteiger partial charge in [-0.15, -0.1) is 0 Å². The number of rotatable bonds is 3. The van der Waals surface area contributed by atoms with Crippen LogP contribution in [0.15, 0.2) is 41.1 Å². The van der Waals surface area contributed by atoms with Gasteiger partial charge >= 0.3 is 0 Å². The van der Waals surface area contributed by atoms with E-state index in [0.29, 0.717) is 17.8 Å². The number of amides is 1. The van der Waals surface area contributed by atoms with Gasteiger partial charge < -0.3 is 16.0 Å². The topological polar surface area (TPSA) is 70.9 Å². The first kappa shape index (κ1) is 11.7. The Morgan fingerprint density at radius 2 is 2.24 bits per heavy atom. The van der Waals surface area contributed by atoms with Crippen molar-refractivity contribution in [3.8, 4) is 0 Å². The molecule has 1 heterocycles. The van der Waals surface area contributed by atoms with Gasteiger partial charge in [-0.2, -0.15) is 0 Å². The van der Waals surface area contributed by atoms with Crippen molar-refractivity contribution in [1.82, 2.24) is 10.3 Å². The van der Waals surface area contributed by atoms with E-state index < -0.39 is 0 Å². The molecule has 88 valence electrons. The molecule has 4 N–H and O–H groups in total. The number of carbonyl (C=O) groups is 1. The van der Waals surface area contributed by atoms with Gasteiger partial charge in [-0.05, 0) is 29.8 Å². The summed E-state index contributed by atoms with van der Waals surface area (Å²) in [5.74, 6) is -0.140. The standard InChI is InChI=1S/C12H12BrN3O/c13-10-3-9(4-11(14)5-10)12(17)16-7-8-1-2-15-6-8/h1-6,15H,7,14H2,(H,16,17). The predicted octanol–water partition coefficient (Wildman–Crippen LogP) is 2.29. The summed E-state index contributed by atoms with van der Waals surface area (Å²) in [6.45, 7) is 0.495. The smallest absolute Gasteiger partial charge is 0.251 e. The average Bonchev–Trinajstić information content (AvgIpc) is 2.77. The van der Waals surface area contributed by atoms with Crippen LogP contribution in [-0.2, 0) is 6.54 Å². The highest BCUT2D eigenvalue weighted by Crippen LogP contribution is 2.17. The van der Waals surface area contributed by atoms with Crippen LogP contribution in [0.25, 0.3) is 0 Å². The second-order valence-corrected chi connectivity index (χ2v) is 4.59. The van der Waals surface area contributed by atoms with Crippen molar-refractivity contribution in [3.05, 3.63) is 52.3 Å². The zero-order chi connectivity index (χ0) is 12.3. The number of hydrogen-bond acceptors (Lipinski definition) is 2. The molecule has 17 heavy (non-hydrogen) atoms. The minimum atomic E-state index is -0.140. The van der Waals surface area contributed by atoms with Gasteiger partial charge in [-0.3, -0.25) is 4.79 Å². The number of halogens is 1. The van der Waals surface area contributed by atoms with Gasteiger partial charge in [0.15, 0.2) is 0 Å². The van der Waals surface area contributed by atoms with E-state index >= 15 is 0 Å². The molecule has 1 aromatic carbocycles. The number of nitrogen functional groups attached to an aromatic ring is 1. The predicted molar refractivity (Wildman–Crippen MR) is 70.5 cm³/mol. The summed E-state index contributed by atoms with van der Waals surface area (Å²) in [6.07, 6.45) is 3.66. The van der Waals surface area contributed by atoms with Crippen LogP contribution in [0, 0.1) is 0 Å². The molecule has 4 nitrogen and oxygen atoms in total. The Hall–Kier alpha value is -1.75. The third kappa shape index (κ3) is 3.10. The summed E-state index contributed by atoms with van der Waals surface area (Å²) in [7, 11) is 0. The molecule has 2 aromatic rings. The van der Waals surface area contributed by atoms with Crippen molar-refractivity contribution in [1.29, 1.82) is 0 Å². The molecule has 0 spiro atoms. The number of nitrogens with one attached hydrogen (secondary N) is 2. The molecular formula is C12H12BrN3O. The van der Waals surface area contributed by atoms with Gasteiger partial charge in [0.25, 0.3) is 5.91 Å². The van der Waals surface area contributed by atoms with Crippen molar-refractivity contribution in [2.24, 2.45) is 0 Å². The maximum Gasteiger partial charge on any atom is 0.251 e. The highest BCUT2D eigenvalue weighted by molar-refractivity contribution is 9.10. The Morgan fingerprint density at radius 1 is 1.41 bits per heavy atom. The highest BCUT2D eigenvalue weighted by atomic mass is 79.9. The molecule has 0 fully saturated rings. The molecule has 0 saturated carbocycles. The Labute approximate surface area is 107 Å². The van der Waals surface area contributed by atoms with Crippen molar-refractivity contribution in [3.63, 3.8) is 0 Å². The first-order valence-electron chi connectivity index (χ1n) is 5.11. The minimum Gasteiger partial charge on any atom is -0.399 e.